The molecule has 5 aliphatic heterocycles. The SMILES string of the molecule is CC(C)(C)c1cc2c3c(c1)N1c4c(ccc5c4N(c4cc(C(C)(C)C)cc6c4B5c4cc5ccccc5cc4N6c4ccccc4)c4c(-c5ccccc5)[se]c(-c5ccccc5)c41)B3c1cc3ccccc3cc1N2c1ccccc1. The molecule has 1 aromatic heterocycles. The van der Waals surface area contributed by atoms with Crippen molar-refractivity contribution in [1.29, 1.82) is 0 Å². The van der Waals surface area contributed by atoms with Crippen LogP contribution in [0.15, 0.2) is 231 Å². The Hall–Kier alpha value is -8.73. The van der Waals surface area contributed by atoms with E-state index in [0.717, 1.165) is 11.4 Å². The first kappa shape index (κ1) is 47.1. The number of hydrogen-bond acceptors (Lipinski definition) is 4. The normalized spacial score (nSPS) is 14.1. The van der Waals surface area contributed by atoms with E-state index >= 15 is 0 Å². The molecular weight excluding hydrogens is 1050 g/mol. The molecule has 0 aliphatic carbocycles. The molecule has 0 radical (unpaired) electrons. The molecule has 0 saturated carbocycles. The number of para-hydroxylation sites is 2. The number of benzene rings is 11. The number of anilines is 12. The minimum atomic E-state index is -0.173. The van der Waals surface area contributed by atoms with E-state index in [1.807, 2.05) is 0 Å². The van der Waals surface area contributed by atoms with Crippen LogP contribution in [0.4, 0.5) is 68.2 Å². The summed E-state index contributed by atoms with van der Waals surface area (Å²) in [5.74, 6) is 0. The van der Waals surface area contributed by atoms with Gasteiger partial charge in [-0.15, -0.1) is 0 Å². The first-order valence-corrected chi connectivity index (χ1v) is 30.4. The molecule has 384 valence electrons. The Morgan fingerprint density at radius 2 is 0.617 bits per heavy atom. The van der Waals surface area contributed by atoms with Crippen LogP contribution in [0.2, 0.25) is 0 Å². The van der Waals surface area contributed by atoms with Crippen molar-refractivity contribution in [3.8, 4) is 20.0 Å². The molecule has 0 N–H and O–H groups in total. The summed E-state index contributed by atoms with van der Waals surface area (Å²) in [6, 6.07) is 88.4. The monoisotopic (exact) mass is 1100 g/mol. The Kier molecular flexibility index (Phi) is 9.83. The zero-order chi connectivity index (χ0) is 54.2. The molecule has 0 spiro atoms. The second-order valence-electron chi connectivity index (χ2n) is 24.9. The van der Waals surface area contributed by atoms with Crippen molar-refractivity contribution in [2.75, 3.05) is 19.6 Å². The van der Waals surface area contributed by atoms with Crippen molar-refractivity contribution in [3.63, 3.8) is 0 Å². The Balaban J connectivity index is 1.08. The van der Waals surface area contributed by atoms with Crippen LogP contribution in [0.1, 0.15) is 52.7 Å². The molecule has 81 heavy (non-hydrogen) atoms. The first-order chi connectivity index (χ1) is 39.5. The van der Waals surface area contributed by atoms with Gasteiger partial charge < -0.3 is 0 Å². The van der Waals surface area contributed by atoms with Crippen LogP contribution in [0.25, 0.3) is 41.5 Å². The van der Waals surface area contributed by atoms with Crippen LogP contribution in [-0.2, 0) is 10.8 Å². The third-order valence-corrected chi connectivity index (χ3v) is 20.8. The van der Waals surface area contributed by atoms with Crippen molar-refractivity contribution in [2.24, 2.45) is 0 Å². The van der Waals surface area contributed by atoms with E-state index in [2.05, 4.69) is 292 Å². The molecule has 4 nitrogen and oxygen atoms in total. The van der Waals surface area contributed by atoms with Crippen LogP contribution in [0.3, 0.4) is 0 Å². The van der Waals surface area contributed by atoms with Gasteiger partial charge in [0, 0.05) is 0 Å². The summed E-state index contributed by atoms with van der Waals surface area (Å²) >= 11 is -0.101. The fourth-order valence-electron chi connectivity index (χ4n) is 14.4. The van der Waals surface area contributed by atoms with Gasteiger partial charge in [0.25, 0.3) is 0 Å². The van der Waals surface area contributed by atoms with E-state index in [0.29, 0.717) is 0 Å². The van der Waals surface area contributed by atoms with Gasteiger partial charge in [0.2, 0.25) is 0 Å². The van der Waals surface area contributed by atoms with E-state index in [1.165, 1.54) is 142 Å². The number of hydrogen-bond donors (Lipinski definition) is 0. The number of nitrogens with zero attached hydrogens (tertiary/aromatic N) is 4. The van der Waals surface area contributed by atoms with Gasteiger partial charge in [-0.2, -0.15) is 0 Å². The van der Waals surface area contributed by atoms with Crippen molar-refractivity contribution in [3.05, 3.63) is 242 Å². The molecule has 0 saturated heterocycles. The minimum absolute atomic E-state index is 0.0668. The van der Waals surface area contributed by atoms with Gasteiger partial charge >= 0.3 is 484 Å². The summed E-state index contributed by atoms with van der Waals surface area (Å²) in [4.78, 5) is 10.8. The standard InChI is InChI=1S/C74H56B2N4Se/c1-73(2,3)51-41-61-65-63(43-51)79-67-55(75(65)57-37-47-27-19-21-29-49(47)39-59(57)77(61)53-31-15-9-16-32-53)35-36-56-68(67)80(70-69(79)71(45-23-11-7-12-24-45)81-72(70)46-25-13-8-14-26-46)64-44-52(74(4,5)6)42-62-66(64)76(56)58-38-48-28-20-22-30-50(48)40-60(58)78(62)54-33-17-10-18-34-54/h7-44H,1-6H3. The molecule has 12 aromatic rings. The zero-order valence-electron chi connectivity index (χ0n) is 46.3. The van der Waals surface area contributed by atoms with E-state index in [9.17, 15) is 0 Å². The van der Waals surface area contributed by atoms with E-state index in [4.69, 9.17) is 0 Å². The van der Waals surface area contributed by atoms with Crippen LogP contribution >= 0.6 is 0 Å². The van der Waals surface area contributed by atoms with Gasteiger partial charge in [0.05, 0.1) is 0 Å². The van der Waals surface area contributed by atoms with Crippen molar-refractivity contribution in [2.45, 2.75) is 52.4 Å². The quantitative estimate of drug-likeness (QED) is 0.163. The molecule has 0 amide bonds. The van der Waals surface area contributed by atoms with Crippen molar-refractivity contribution in [1.82, 2.24) is 0 Å². The molecule has 0 atom stereocenters. The van der Waals surface area contributed by atoms with Gasteiger partial charge in [-0.3, -0.25) is 0 Å². The predicted octanol–water partition coefficient (Wildman–Crippen LogP) is 15.5. The summed E-state index contributed by atoms with van der Waals surface area (Å²) in [6.07, 6.45) is 0. The predicted molar refractivity (Wildman–Crippen MR) is 348 cm³/mol. The molecule has 0 unspecified atom stereocenters. The second-order valence-corrected chi connectivity index (χ2v) is 27.0. The first-order valence-electron chi connectivity index (χ1n) is 28.7. The van der Waals surface area contributed by atoms with Crippen molar-refractivity contribution >= 4 is 150 Å². The maximum absolute atomic E-state index is 2.82. The average Bonchev–Trinajstić information content (AvgIpc) is 1.83. The summed E-state index contributed by atoms with van der Waals surface area (Å²) in [5, 5.41) is 5.00. The molecule has 11 aromatic carbocycles. The summed E-state index contributed by atoms with van der Waals surface area (Å²) in [6.45, 7) is 14.2. The molecule has 7 heteroatoms. The Morgan fingerprint density at radius 3 is 0.975 bits per heavy atom. The topological polar surface area (TPSA) is 13.0 Å². The molecule has 17 rings (SSSR count). The summed E-state index contributed by atoms with van der Waals surface area (Å²) in [5.41, 5.74) is 27.9. The van der Waals surface area contributed by atoms with Crippen LogP contribution in [-0.4, -0.2) is 27.9 Å². The van der Waals surface area contributed by atoms with Crippen molar-refractivity contribution < 1.29 is 0 Å². The Morgan fingerprint density at radius 1 is 0.296 bits per heavy atom. The molecule has 6 heterocycles. The van der Waals surface area contributed by atoms with Gasteiger partial charge in [0.1, 0.15) is 0 Å². The Labute approximate surface area is 481 Å². The second kappa shape index (κ2) is 16.9. The fourth-order valence-corrected chi connectivity index (χ4v) is 17.1. The number of fused-ring (bicyclic) bond motifs is 13. The third kappa shape index (κ3) is 6.68. The molecular formula is C74H56B2N4Se. The third-order valence-electron chi connectivity index (χ3n) is 18.1. The number of rotatable bonds is 4. The molecule has 0 fully saturated rings. The van der Waals surface area contributed by atoms with Crippen LogP contribution in [0, 0.1) is 0 Å². The van der Waals surface area contributed by atoms with Crippen LogP contribution < -0.4 is 52.4 Å². The zero-order valence-corrected chi connectivity index (χ0v) is 48.0. The van der Waals surface area contributed by atoms with E-state index in [1.54, 1.807) is 0 Å². The van der Waals surface area contributed by atoms with Gasteiger partial charge in [-0.05, 0) is 0 Å². The Bertz CT molecular complexity index is 4340. The fraction of sp³-hybridized carbons (Fsp3) is 0.108. The van der Waals surface area contributed by atoms with E-state index in [-0.39, 0.29) is 38.8 Å². The van der Waals surface area contributed by atoms with Crippen LogP contribution in [0.5, 0.6) is 0 Å². The average molecular weight is 1100 g/mol. The molecule has 5 aliphatic rings. The van der Waals surface area contributed by atoms with E-state index < -0.39 is 0 Å². The summed E-state index contributed by atoms with van der Waals surface area (Å²) < 4.78 is 2.81. The van der Waals surface area contributed by atoms with Gasteiger partial charge in [0.15, 0.2) is 0 Å². The molecule has 0 bridgehead atoms. The maximum atomic E-state index is 2.82. The van der Waals surface area contributed by atoms with Gasteiger partial charge in [-0.25, -0.2) is 0 Å². The van der Waals surface area contributed by atoms with Gasteiger partial charge in [-0.1, -0.05) is 0 Å². The summed E-state index contributed by atoms with van der Waals surface area (Å²) in [7, 11) is 0.